The van der Waals surface area contributed by atoms with E-state index in [1.165, 1.54) is 18.2 Å². The van der Waals surface area contributed by atoms with Gasteiger partial charge in [-0.15, -0.1) is 0 Å². The summed E-state index contributed by atoms with van der Waals surface area (Å²) in [7, 11) is 0. The summed E-state index contributed by atoms with van der Waals surface area (Å²) in [5.41, 5.74) is 0.495. The van der Waals surface area contributed by atoms with Gasteiger partial charge in [0.2, 0.25) is 0 Å². The predicted molar refractivity (Wildman–Crippen MR) is 47.8 cm³/mol. The standard InChI is InChI=1S/C9H9NO5/c11-9(12)6-15-5-7-2-1-3-8(4-7)10(13)14/h1-4H,5-6H2,(H,11,12)/p-1. The Morgan fingerprint density at radius 1 is 1.47 bits per heavy atom. The molecule has 1 aromatic rings. The lowest BCUT2D eigenvalue weighted by atomic mass is 10.2. The Morgan fingerprint density at radius 2 is 2.20 bits per heavy atom. The highest BCUT2D eigenvalue weighted by Crippen LogP contribution is 2.13. The van der Waals surface area contributed by atoms with E-state index in [4.69, 9.17) is 4.74 Å². The molecule has 6 heteroatoms. The van der Waals surface area contributed by atoms with E-state index in [0.717, 1.165) is 0 Å². The number of ether oxygens (including phenoxy) is 1. The number of carboxylic acids is 1. The lowest BCUT2D eigenvalue weighted by Gasteiger charge is -2.04. The van der Waals surface area contributed by atoms with Crippen LogP contribution in [0.1, 0.15) is 5.56 Å². The average Bonchev–Trinajstić information content (AvgIpc) is 2.17. The molecule has 80 valence electrons. The van der Waals surface area contributed by atoms with Crippen LogP contribution >= 0.6 is 0 Å². The summed E-state index contributed by atoms with van der Waals surface area (Å²) in [5.74, 6) is -1.32. The van der Waals surface area contributed by atoms with E-state index in [2.05, 4.69) is 0 Å². The van der Waals surface area contributed by atoms with Crippen LogP contribution in [0.15, 0.2) is 24.3 Å². The van der Waals surface area contributed by atoms with E-state index in [1.54, 1.807) is 6.07 Å². The predicted octanol–water partition coefficient (Wildman–Crippen LogP) is -0.139. The van der Waals surface area contributed by atoms with Crippen LogP contribution in [0, 0.1) is 10.1 Å². The number of carboxylic acid groups (broad SMARTS) is 1. The largest absolute Gasteiger partial charge is 0.548 e. The zero-order chi connectivity index (χ0) is 11.3. The smallest absolute Gasteiger partial charge is 0.269 e. The Kier molecular flexibility index (Phi) is 3.75. The Morgan fingerprint density at radius 3 is 2.80 bits per heavy atom. The van der Waals surface area contributed by atoms with Gasteiger partial charge in [-0.25, -0.2) is 0 Å². The van der Waals surface area contributed by atoms with Crippen LogP contribution in [0.5, 0.6) is 0 Å². The average molecular weight is 210 g/mol. The van der Waals surface area contributed by atoms with Crippen molar-refractivity contribution in [2.45, 2.75) is 6.61 Å². The third-order valence-corrected chi connectivity index (χ3v) is 1.61. The van der Waals surface area contributed by atoms with Gasteiger partial charge in [0.1, 0.15) is 0 Å². The highest BCUT2D eigenvalue weighted by Gasteiger charge is 2.05. The highest BCUT2D eigenvalue weighted by molar-refractivity contribution is 5.65. The van der Waals surface area contributed by atoms with Gasteiger partial charge in [0.15, 0.2) is 0 Å². The van der Waals surface area contributed by atoms with E-state index >= 15 is 0 Å². The van der Waals surface area contributed by atoms with Crippen LogP contribution in [0.2, 0.25) is 0 Å². The van der Waals surface area contributed by atoms with Crippen molar-refractivity contribution < 1.29 is 19.6 Å². The Bertz CT molecular complexity index is 377. The summed E-state index contributed by atoms with van der Waals surface area (Å²) < 4.78 is 4.73. The fourth-order valence-corrected chi connectivity index (χ4v) is 1.01. The molecule has 0 radical (unpaired) electrons. The number of aliphatic carboxylic acids is 1. The molecule has 1 aromatic carbocycles. The van der Waals surface area contributed by atoms with Crippen molar-refractivity contribution in [3.05, 3.63) is 39.9 Å². The van der Waals surface area contributed by atoms with Crippen LogP contribution in [0.3, 0.4) is 0 Å². The molecule has 0 fully saturated rings. The molecule has 0 aromatic heterocycles. The number of nitro groups is 1. The third kappa shape index (κ3) is 3.74. The molecule has 1 rings (SSSR count). The zero-order valence-corrected chi connectivity index (χ0v) is 7.71. The Labute approximate surface area is 85.2 Å². The first-order valence-electron chi connectivity index (χ1n) is 4.10. The number of nitro benzene ring substituents is 1. The van der Waals surface area contributed by atoms with Crippen LogP contribution < -0.4 is 5.11 Å². The minimum Gasteiger partial charge on any atom is -0.548 e. The van der Waals surface area contributed by atoms with Gasteiger partial charge in [-0.3, -0.25) is 10.1 Å². The molecule has 0 heterocycles. The molecule has 6 nitrogen and oxygen atoms in total. The maximum Gasteiger partial charge on any atom is 0.269 e. The lowest BCUT2D eigenvalue weighted by molar-refractivity contribution is -0.384. The van der Waals surface area contributed by atoms with Gasteiger partial charge in [0.05, 0.1) is 24.1 Å². The molecule has 15 heavy (non-hydrogen) atoms. The van der Waals surface area contributed by atoms with Crippen molar-refractivity contribution in [1.82, 2.24) is 0 Å². The van der Waals surface area contributed by atoms with Crippen molar-refractivity contribution in [2.24, 2.45) is 0 Å². The molecule has 0 amide bonds. The number of nitrogens with zero attached hydrogens (tertiary/aromatic N) is 1. The van der Waals surface area contributed by atoms with Crippen molar-refractivity contribution >= 4 is 11.7 Å². The van der Waals surface area contributed by atoms with E-state index < -0.39 is 17.5 Å². The normalized spacial score (nSPS) is 9.87. The minimum absolute atomic E-state index is 0.00958. The maximum absolute atomic E-state index is 10.4. The third-order valence-electron chi connectivity index (χ3n) is 1.61. The molecule has 0 saturated carbocycles. The molecule has 0 aliphatic heterocycles. The molecule has 0 N–H and O–H groups in total. The molecule has 0 spiro atoms. The second kappa shape index (κ2) is 5.06. The van der Waals surface area contributed by atoms with Gasteiger partial charge in [-0.2, -0.15) is 0 Å². The number of hydrogen-bond acceptors (Lipinski definition) is 5. The fourth-order valence-electron chi connectivity index (χ4n) is 1.01. The summed E-state index contributed by atoms with van der Waals surface area (Å²) in [6.07, 6.45) is 0. The van der Waals surface area contributed by atoms with Gasteiger partial charge < -0.3 is 14.6 Å². The van der Waals surface area contributed by atoms with E-state index in [0.29, 0.717) is 5.56 Å². The molecule has 0 aliphatic rings. The van der Waals surface area contributed by atoms with E-state index in [1.807, 2.05) is 0 Å². The Balaban J connectivity index is 2.58. The van der Waals surface area contributed by atoms with Crippen LogP contribution in [0.25, 0.3) is 0 Å². The first-order valence-corrected chi connectivity index (χ1v) is 4.10. The van der Waals surface area contributed by atoms with Gasteiger partial charge >= 0.3 is 0 Å². The molecular formula is C9H8NO5-. The Hall–Kier alpha value is -1.95. The molecule has 0 aliphatic carbocycles. The monoisotopic (exact) mass is 210 g/mol. The molecular weight excluding hydrogens is 202 g/mol. The van der Waals surface area contributed by atoms with Crippen molar-refractivity contribution in [2.75, 3.05) is 6.61 Å². The summed E-state index contributed by atoms with van der Waals surface area (Å²) in [6.45, 7) is -0.516. The number of rotatable bonds is 5. The van der Waals surface area contributed by atoms with Crippen LogP contribution in [-0.4, -0.2) is 17.5 Å². The SMILES string of the molecule is O=C([O-])COCc1cccc([N+](=O)[O-])c1. The van der Waals surface area contributed by atoms with Gasteiger partial charge in [-0.05, 0) is 5.56 Å². The second-order valence-corrected chi connectivity index (χ2v) is 2.79. The van der Waals surface area contributed by atoms with Gasteiger partial charge in [-0.1, -0.05) is 12.1 Å². The number of carbonyl (C=O) groups is 1. The van der Waals surface area contributed by atoms with E-state index in [9.17, 15) is 20.0 Å². The van der Waals surface area contributed by atoms with Crippen molar-refractivity contribution in [3.8, 4) is 0 Å². The summed E-state index contributed by atoms with van der Waals surface area (Å²) in [4.78, 5) is 19.9. The zero-order valence-electron chi connectivity index (χ0n) is 7.71. The summed E-state index contributed by atoms with van der Waals surface area (Å²) in [6, 6.07) is 5.80. The number of benzene rings is 1. The molecule has 0 saturated heterocycles. The summed E-state index contributed by atoms with van der Waals surface area (Å²) in [5, 5.41) is 20.4. The summed E-state index contributed by atoms with van der Waals surface area (Å²) >= 11 is 0. The topological polar surface area (TPSA) is 92.5 Å². The van der Waals surface area contributed by atoms with E-state index in [-0.39, 0.29) is 12.3 Å². The number of carbonyl (C=O) groups excluding carboxylic acids is 1. The quantitative estimate of drug-likeness (QED) is 0.498. The highest BCUT2D eigenvalue weighted by atomic mass is 16.6. The molecule has 0 atom stereocenters. The number of hydrogen-bond donors (Lipinski definition) is 0. The maximum atomic E-state index is 10.4. The minimum atomic E-state index is -1.32. The second-order valence-electron chi connectivity index (χ2n) is 2.79. The molecule has 0 bridgehead atoms. The van der Waals surface area contributed by atoms with Crippen molar-refractivity contribution in [1.29, 1.82) is 0 Å². The van der Waals surface area contributed by atoms with Crippen molar-refractivity contribution in [3.63, 3.8) is 0 Å². The fraction of sp³-hybridized carbons (Fsp3) is 0.222. The van der Waals surface area contributed by atoms with Gasteiger partial charge in [0, 0.05) is 12.1 Å². The van der Waals surface area contributed by atoms with Gasteiger partial charge in [0.25, 0.3) is 5.69 Å². The molecule has 0 unspecified atom stereocenters. The van der Waals surface area contributed by atoms with Crippen LogP contribution in [0.4, 0.5) is 5.69 Å². The van der Waals surface area contributed by atoms with Crippen LogP contribution in [-0.2, 0) is 16.1 Å². The first-order chi connectivity index (χ1) is 7.09. The first kappa shape index (κ1) is 11.1. The number of non-ortho nitro benzene ring substituents is 1. The lowest BCUT2D eigenvalue weighted by Crippen LogP contribution is -2.27.